The molecular formula is C15H9BrF5N5O. The normalized spacial score (nSPS) is 12.4. The largest absolute Gasteiger partial charge is 0.459 e. The Balaban J connectivity index is 2.03. The van der Waals surface area contributed by atoms with Gasteiger partial charge in [0.05, 0.1) is 0 Å². The first-order chi connectivity index (χ1) is 12.5. The zero-order valence-electron chi connectivity index (χ0n) is 13.4. The Morgan fingerprint density at radius 2 is 1.89 bits per heavy atom. The van der Waals surface area contributed by atoms with E-state index in [1.165, 1.54) is 19.2 Å². The maximum absolute atomic E-state index is 13.8. The molecule has 6 nitrogen and oxygen atoms in total. The monoisotopic (exact) mass is 449 g/mol. The molecule has 3 heterocycles. The van der Waals surface area contributed by atoms with Gasteiger partial charge in [0.2, 0.25) is 0 Å². The lowest BCUT2D eigenvalue weighted by Crippen LogP contribution is -2.36. The highest BCUT2D eigenvalue weighted by atomic mass is 79.9. The van der Waals surface area contributed by atoms with Crippen LogP contribution in [0.5, 0.6) is 0 Å². The van der Waals surface area contributed by atoms with Crippen molar-refractivity contribution in [3.8, 4) is 0 Å². The molecule has 1 amide bonds. The van der Waals surface area contributed by atoms with Gasteiger partial charge in [-0.05, 0) is 41.1 Å². The molecule has 0 spiro atoms. The molecule has 12 heteroatoms. The van der Waals surface area contributed by atoms with Crippen molar-refractivity contribution in [1.82, 2.24) is 19.6 Å². The van der Waals surface area contributed by atoms with E-state index < -0.39 is 29.4 Å². The van der Waals surface area contributed by atoms with Gasteiger partial charge in [-0.25, -0.2) is 14.5 Å². The molecular weight excluding hydrogens is 441 g/mol. The average Bonchev–Trinajstić information content (AvgIpc) is 2.99. The van der Waals surface area contributed by atoms with Crippen molar-refractivity contribution >= 4 is 33.3 Å². The van der Waals surface area contributed by atoms with E-state index in [9.17, 15) is 26.7 Å². The lowest BCUT2D eigenvalue weighted by molar-refractivity contribution is -0.291. The van der Waals surface area contributed by atoms with Crippen LogP contribution in [-0.2, 0) is 5.92 Å². The molecule has 27 heavy (non-hydrogen) atoms. The van der Waals surface area contributed by atoms with Crippen LogP contribution in [-0.4, -0.2) is 31.7 Å². The summed E-state index contributed by atoms with van der Waals surface area (Å²) in [6, 6.07) is 4.64. The summed E-state index contributed by atoms with van der Waals surface area (Å²) in [5.41, 5.74) is -2.22. The third-order valence-corrected chi connectivity index (χ3v) is 3.90. The lowest BCUT2D eigenvalue weighted by atomic mass is 10.2. The Labute approximate surface area is 156 Å². The molecule has 142 valence electrons. The fourth-order valence-corrected chi connectivity index (χ4v) is 2.44. The third kappa shape index (κ3) is 3.61. The van der Waals surface area contributed by atoms with Gasteiger partial charge in [-0.3, -0.25) is 4.79 Å². The van der Waals surface area contributed by atoms with E-state index in [1.807, 2.05) is 0 Å². The standard InChI is InChI=1S/C15H9BrF5N5O/c1-7-4-10(14(17,18)15(19,20)21)26-12(23-7)5-9(25-26)13(27)24-11-3-2-8(16)6-22-11/h2-6H,1H3,(H,22,24,27). The molecule has 0 atom stereocenters. The molecule has 0 aliphatic heterocycles. The number of aryl methyl sites for hydroxylation is 1. The summed E-state index contributed by atoms with van der Waals surface area (Å²) in [4.78, 5) is 20.0. The minimum Gasteiger partial charge on any atom is -0.305 e. The minimum absolute atomic E-state index is 0.0807. The fraction of sp³-hybridized carbons (Fsp3) is 0.200. The van der Waals surface area contributed by atoms with Gasteiger partial charge in [0, 0.05) is 22.4 Å². The molecule has 0 aliphatic rings. The van der Waals surface area contributed by atoms with Crippen LogP contribution in [0.2, 0.25) is 0 Å². The second kappa shape index (κ2) is 6.51. The van der Waals surface area contributed by atoms with Crippen LogP contribution in [0, 0.1) is 6.92 Å². The predicted octanol–water partition coefficient (Wildman–Crippen LogP) is 4.10. The maximum atomic E-state index is 13.8. The highest BCUT2D eigenvalue weighted by Crippen LogP contribution is 2.43. The van der Waals surface area contributed by atoms with Crippen molar-refractivity contribution in [2.45, 2.75) is 19.0 Å². The SMILES string of the molecule is Cc1cc(C(F)(F)C(F)(F)F)n2nc(C(=O)Nc3ccc(Br)cn3)cc2n1. The van der Waals surface area contributed by atoms with Crippen LogP contribution >= 0.6 is 15.9 Å². The van der Waals surface area contributed by atoms with Gasteiger partial charge in [-0.15, -0.1) is 0 Å². The second-order valence-electron chi connectivity index (χ2n) is 5.47. The number of alkyl halides is 5. The number of nitrogens with one attached hydrogen (secondary N) is 1. The zero-order valence-corrected chi connectivity index (χ0v) is 14.9. The first kappa shape index (κ1) is 19.1. The van der Waals surface area contributed by atoms with Gasteiger partial charge in [0.25, 0.3) is 5.91 Å². The smallest absolute Gasteiger partial charge is 0.305 e. The molecule has 0 saturated heterocycles. The summed E-state index contributed by atoms with van der Waals surface area (Å²) in [6.45, 7) is 1.26. The van der Waals surface area contributed by atoms with Crippen LogP contribution in [0.1, 0.15) is 21.9 Å². The summed E-state index contributed by atoms with van der Waals surface area (Å²) >= 11 is 3.17. The number of anilines is 1. The zero-order chi connectivity index (χ0) is 20.0. The molecule has 0 fully saturated rings. The van der Waals surface area contributed by atoms with Crippen LogP contribution in [0.15, 0.2) is 34.9 Å². The first-order valence-corrected chi connectivity index (χ1v) is 8.03. The molecule has 0 radical (unpaired) electrons. The average molecular weight is 450 g/mol. The third-order valence-electron chi connectivity index (χ3n) is 3.43. The number of carbonyl (C=O) groups excluding carboxylic acids is 1. The van der Waals surface area contributed by atoms with Crippen molar-refractivity contribution in [2.24, 2.45) is 0 Å². The topological polar surface area (TPSA) is 72.2 Å². The van der Waals surface area contributed by atoms with Gasteiger partial charge in [-0.1, -0.05) is 0 Å². The van der Waals surface area contributed by atoms with E-state index in [1.54, 1.807) is 6.07 Å². The molecule has 0 aromatic carbocycles. The minimum atomic E-state index is -5.83. The number of pyridine rings is 1. The van der Waals surface area contributed by atoms with Gasteiger partial charge >= 0.3 is 12.1 Å². The molecule has 0 bridgehead atoms. The summed E-state index contributed by atoms with van der Waals surface area (Å²) in [7, 11) is 0. The van der Waals surface area contributed by atoms with Crippen molar-refractivity contribution < 1.29 is 26.7 Å². The summed E-state index contributed by atoms with van der Waals surface area (Å²) in [6.07, 6.45) is -4.42. The lowest BCUT2D eigenvalue weighted by Gasteiger charge is -2.20. The number of rotatable bonds is 3. The molecule has 3 aromatic rings. The van der Waals surface area contributed by atoms with Crippen molar-refractivity contribution in [3.63, 3.8) is 0 Å². The van der Waals surface area contributed by atoms with E-state index in [-0.39, 0.29) is 17.2 Å². The van der Waals surface area contributed by atoms with Crippen LogP contribution in [0.25, 0.3) is 5.65 Å². The Kier molecular flexibility index (Phi) is 4.62. The Hall–Kier alpha value is -2.63. The van der Waals surface area contributed by atoms with Crippen LogP contribution in [0.4, 0.5) is 27.8 Å². The van der Waals surface area contributed by atoms with E-state index in [4.69, 9.17) is 0 Å². The summed E-state index contributed by atoms with van der Waals surface area (Å²) in [5.74, 6) is -5.87. The summed E-state index contributed by atoms with van der Waals surface area (Å²) < 4.78 is 66.9. The molecule has 1 N–H and O–H groups in total. The number of hydrogen-bond acceptors (Lipinski definition) is 4. The number of nitrogens with zero attached hydrogens (tertiary/aromatic N) is 4. The Morgan fingerprint density at radius 1 is 1.19 bits per heavy atom. The second-order valence-corrected chi connectivity index (χ2v) is 6.39. The van der Waals surface area contributed by atoms with E-state index in [2.05, 4.69) is 36.3 Å². The van der Waals surface area contributed by atoms with Crippen LogP contribution < -0.4 is 5.32 Å². The van der Waals surface area contributed by atoms with Gasteiger partial charge in [0.1, 0.15) is 11.5 Å². The predicted molar refractivity (Wildman–Crippen MR) is 87.6 cm³/mol. The van der Waals surface area contributed by atoms with Crippen LogP contribution in [0.3, 0.4) is 0 Å². The highest BCUT2D eigenvalue weighted by molar-refractivity contribution is 9.10. The Bertz CT molecular complexity index is 1020. The highest BCUT2D eigenvalue weighted by Gasteiger charge is 2.60. The number of carbonyl (C=O) groups is 1. The van der Waals surface area contributed by atoms with E-state index in [0.29, 0.717) is 15.1 Å². The number of aromatic nitrogens is 4. The molecule has 0 aliphatic carbocycles. The summed E-state index contributed by atoms with van der Waals surface area (Å²) in [5, 5.41) is 5.94. The number of fused-ring (bicyclic) bond motifs is 1. The molecule has 0 unspecified atom stereocenters. The maximum Gasteiger partial charge on any atom is 0.459 e. The Morgan fingerprint density at radius 3 is 2.48 bits per heavy atom. The van der Waals surface area contributed by atoms with Gasteiger partial charge in [-0.2, -0.15) is 27.1 Å². The van der Waals surface area contributed by atoms with Crippen molar-refractivity contribution in [1.29, 1.82) is 0 Å². The molecule has 3 rings (SSSR count). The number of hydrogen-bond donors (Lipinski definition) is 1. The molecule has 3 aromatic heterocycles. The van der Waals surface area contributed by atoms with Crippen molar-refractivity contribution in [2.75, 3.05) is 5.32 Å². The van der Waals surface area contributed by atoms with Crippen molar-refractivity contribution in [3.05, 3.63) is 52.0 Å². The fourth-order valence-electron chi connectivity index (χ4n) is 2.21. The quantitative estimate of drug-likeness (QED) is 0.611. The van der Waals surface area contributed by atoms with Gasteiger partial charge in [0.15, 0.2) is 11.3 Å². The number of amides is 1. The number of halogens is 6. The van der Waals surface area contributed by atoms with Gasteiger partial charge < -0.3 is 5.32 Å². The van der Waals surface area contributed by atoms with E-state index >= 15 is 0 Å². The molecule has 0 saturated carbocycles. The first-order valence-electron chi connectivity index (χ1n) is 7.24. The van der Waals surface area contributed by atoms with E-state index in [0.717, 1.165) is 6.07 Å².